The minimum atomic E-state index is -0.172. The quantitative estimate of drug-likeness (QED) is 0.644. The molecule has 0 saturated carbocycles. The molecule has 0 fully saturated rings. The molecule has 0 saturated heterocycles. The first kappa shape index (κ1) is 19.4. The number of fused-ring (bicyclic) bond motifs is 3. The van der Waals surface area contributed by atoms with Crippen LogP contribution in [0.3, 0.4) is 0 Å². The molecule has 6 nitrogen and oxygen atoms in total. The molecular formula is C25H25N5O. The van der Waals surface area contributed by atoms with Crippen LogP contribution in [0.25, 0.3) is 28.0 Å². The van der Waals surface area contributed by atoms with Gasteiger partial charge in [-0.1, -0.05) is 61.9 Å². The van der Waals surface area contributed by atoms with E-state index in [0.717, 1.165) is 22.2 Å². The number of aromatic nitrogens is 4. The SMILES string of the molecule is CC1=CC=C(Cn2nc3c(=O)n(C4=CC=CC(C)C4C)nc-3c3ccccc32)C=NC1. The minimum absolute atomic E-state index is 0.172. The summed E-state index contributed by atoms with van der Waals surface area (Å²) in [5.41, 5.74) is 4.98. The van der Waals surface area contributed by atoms with Gasteiger partial charge in [-0.25, -0.2) is 0 Å². The van der Waals surface area contributed by atoms with Crippen LogP contribution in [-0.4, -0.2) is 32.3 Å². The molecule has 0 bridgehead atoms. The standard InChI is InChI=1S/C25H25N5O/c1-16-11-12-19(14-26-13-16)15-29-22-9-5-4-8-20(22)23-24(27-29)25(31)30(28-23)21-10-6-7-17(2)18(21)3/h4-12,14,17-18H,13,15H2,1-3H3. The molecule has 0 radical (unpaired) electrons. The molecule has 3 heterocycles. The smallest absolute Gasteiger partial charge is 0.288 e. The Hall–Kier alpha value is -3.54. The largest absolute Gasteiger partial charge is 0.301 e. The molecule has 4 aliphatic rings. The van der Waals surface area contributed by atoms with Gasteiger partial charge in [0.2, 0.25) is 0 Å². The first-order valence-corrected chi connectivity index (χ1v) is 10.7. The van der Waals surface area contributed by atoms with Gasteiger partial charge in [0.25, 0.3) is 0 Å². The molecule has 0 spiro atoms. The summed E-state index contributed by atoms with van der Waals surface area (Å²) in [4.78, 5) is 17.9. The molecule has 3 aliphatic heterocycles. The zero-order valence-corrected chi connectivity index (χ0v) is 18.0. The average molecular weight is 412 g/mol. The summed E-state index contributed by atoms with van der Waals surface area (Å²) in [5, 5.41) is 10.4. The minimum Gasteiger partial charge on any atom is -0.288 e. The summed E-state index contributed by atoms with van der Waals surface area (Å²) in [6.45, 7) is 7.59. The Labute approximate surface area is 180 Å². The number of hydrogen-bond acceptors (Lipinski definition) is 4. The molecule has 1 aliphatic carbocycles. The lowest BCUT2D eigenvalue weighted by Gasteiger charge is -2.22. The molecule has 2 unspecified atom stereocenters. The van der Waals surface area contributed by atoms with E-state index < -0.39 is 0 Å². The normalized spacial score (nSPS) is 21.2. The Balaban J connectivity index is 1.69. The van der Waals surface area contributed by atoms with Gasteiger partial charge in [0.15, 0.2) is 5.69 Å². The van der Waals surface area contributed by atoms with E-state index in [0.29, 0.717) is 30.4 Å². The van der Waals surface area contributed by atoms with Gasteiger partial charge in [-0.2, -0.15) is 14.9 Å². The van der Waals surface area contributed by atoms with E-state index in [2.05, 4.69) is 44.0 Å². The fourth-order valence-corrected chi connectivity index (χ4v) is 4.13. The van der Waals surface area contributed by atoms with Crippen LogP contribution in [0, 0.1) is 11.8 Å². The van der Waals surface area contributed by atoms with Crippen LogP contribution in [0.4, 0.5) is 0 Å². The monoisotopic (exact) mass is 411 g/mol. The second-order valence-corrected chi connectivity index (χ2v) is 8.44. The number of allylic oxidation sites excluding steroid dienone is 7. The molecule has 2 atom stereocenters. The topological polar surface area (TPSA) is 65.1 Å². The predicted molar refractivity (Wildman–Crippen MR) is 125 cm³/mol. The Bertz CT molecular complexity index is 1350. The summed E-state index contributed by atoms with van der Waals surface area (Å²) >= 11 is 0. The van der Waals surface area contributed by atoms with Crippen molar-refractivity contribution in [3.05, 3.63) is 76.1 Å². The highest BCUT2D eigenvalue weighted by Gasteiger charge is 2.27. The van der Waals surface area contributed by atoms with Gasteiger partial charge < -0.3 is 0 Å². The van der Waals surface area contributed by atoms with Crippen LogP contribution in [0.2, 0.25) is 0 Å². The molecular weight excluding hydrogens is 386 g/mol. The van der Waals surface area contributed by atoms with Crippen molar-refractivity contribution in [2.45, 2.75) is 27.3 Å². The second-order valence-electron chi connectivity index (χ2n) is 8.44. The summed E-state index contributed by atoms with van der Waals surface area (Å²) in [7, 11) is 0. The summed E-state index contributed by atoms with van der Waals surface area (Å²) in [5.74, 6) is 0.548. The fraction of sp³-hybridized carbons (Fsp3) is 0.280. The van der Waals surface area contributed by atoms with Crippen molar-refractivity contribution in [2.24, 2.45) is 16.8 Å². The van der Waals surface area contributed by atoms with E-state index in [1.807, 2.05) is 47.3 Å². The molecule has 0 N–H and O–H groups in total. The van der Waals surface area contributed by atoms with Crippen LogP contribution >= 0.6 is 0 Å². The van der Waals surface area contributed by atoms with E-state index in [1.54, 1.807) is 0 Å². The number of nitrogens with zero attached hydrogens (tertiary/aromatic N) is 5. The fourth-order valence-electron chi connectivity index (χ4n) is 4.13. The third-order valence-electron chi connectivity index (χ3n) is 6.17. The summed E-state index contributed by atoms with van der Waals surface area (Å²) in [6, 6.07) is 7.99. The van der Waals surface area contributed by atoms with Gasteiger partial charge in [-0.3, -0.25) is 14.5 Å². The van der Waals surface area contributed by atoms with Crippen molar-refractivity contribution in [1.82, 2.24) is 19.6 Å². The summed E-state index contributed by atoms with van der Waals surface area (Å²) in [6.07, 6.45) is 12.2. The average Bonchev–Trinajstić information content (AvgIpc) is 2.95. The molecule has 1 aromatic rings. The lowest BCUT2D eigenvalue weighted by atomic mass is 9.89. The molecule has 0 amide bonds. The molecule has 5 rings (SSSR count). The third-order valence-corrected chi connectivity index (χ3v) is 6.17. The van der Waals surface area contributed by atoms with E-state index in [9.17, 15) is 4.79 Å². The van der Waals surface area contributed by atoms with Crippen LogP contribution in [0.15, 0.2) is 75.6 Å². The van der Waals surface area contributed by atoms with Gasteiger partial charge in [-0.15, -0.1) is 0 Å². The van der Waals surface area contributed by atoms with E-state index in [-0.39, 0.29) is 11.5 Å². The second kappa shape index (κ2) is 7.61. The molecule has 31 heavy (non-hydrogen) atoms. The van der Waals surface area contributed by atoms with Crippen molar-refractivity contribution < 1.29 is 0 Å². The van der Waals surface area contributed by atoms with Crippen LogP contribution in [0.1, 0.15) is 20.8 Å². The number of aliphatic imine (C=N–C) groups is 1. The maximum absolute atomic E-state index is 13.4. The van der Waals surface area contributed by atoms with Crippen molar-refractivity contribution in [3.8, 4) is 11.4 Å². The maximum Gasteiger partial charge on any atom is 0.301 e. The highest BCUT2D eigenvalue weighted by atomic mass is 16.1. The van der Waals surface area contributed by atoms with Gasteiger partial charge in [0.05, 0.1) is 18.6 Å². The van der Waals surface area contributed by atoms with Crippen molar-refractivity contribution in [3.63, 3.8) is 0 Å². The molecule has 0 aromatic heterocycles. The Morgan fingerprint density at radius 3 is 2.77 bits per heavy atom. The van der Waals surface area contributed by atoms with Gasteiger partial charge >= 0.3 is 5.56 Å². The van der Waals surface area contributed by atoms with Gasteiger partial charge in [-0.05, 0) is 30.6 Å². The van der Waals surface area contributed by atoms with E-state index in [4.69, 9.17) is 10.2 Å². The van der Waals surface area contributed by atoms with Gasteiger partial charge in [0, 0.05) is 23.2 Å². The Morgan fingerprint density at radius 1 is 1.06 bits per heavy atom. The number of hydrogen-bond donors (Lipinski definition) is 0. The lowest BCUT2D eigenvalue weighted by molar-refractivity contribution is 0.537. The van der Waals surface area contributed by atoms with E-state index >= 15 is 0 Å². The van der Waals surface area contributed by atoms with Crippen LogP contribution < -0.4 is 5.56 Å². The van der Waals surface area contributed by atoms with Crippen LogP contribution in [0.5, 0.6) is 0 Å². The zero-order valence-electron chi connectivity index (χ0n) is 18.0. The Kier molecular flexibility index (Phi) is 4.77. The van der Waals surface area contributed by atoms with Crippen molar-refractivity contribution in [2.75, 3.05) is 6.54 Å². The van der Waals surface area contributed by atoms with Crippen molar-refractivity contribution >= 4 is 22.8 Å². The molecule has 1 aromatic carbocycles. The first-order chi connectivity index (χ1) is 15.0. The summed E-state index contributed by atoms with van der Waals surface area (Å²) < 4.78 is 3.43. The van der Waals surface area contributed by atoms with Crippen LogP contribution in [-0.2, 0) is 6.54 Å². The Morgan fingerprint density at radius 2 is 1.90 bits per heavy atom. The number of benzene rings is 1. The number of para-hydroxylation sites is 1. The molecule has 6 heteroatoms. The predicted octanol–water partition coefficient (Wildman–Crippen LogP) is 4.34. The van der Waals surface area contributed by atoms with Gasteiger partial charge in [0.1, 0.15) is 5.69 Å². The third kappa shape index (κ3) is 3.38. The zero-order chi connectivity index (χ0) is 21.5. The van der Waals surface area contributed by atoms with Crippen molar-refractivity contribution in [1.29, 1.82) is 0 Å². The highest BCUT2D eigenvalue weighted by Crippen LogP contribution is 2.31. The number of rotatable bonds is 3. The molecule has 156 valence electrons. The highest BCUT2D eigenvalue weighted by molar-refractivity contribution is 5.92. The lowest BCUT2D eigenvalue weighted by Crippen LogP contribution is -2.24. The maximum atomic E-state index is 13.4. The first-order valence-electron chi connectivity index (χ1n) is 10.7. The van der Waals surface area contributed by atoms with E-state index in [1.165, 1.54) is 10.3 Å².